The molecule has 0 aromatic heterocycles. The largest absolute Gasteiger partial charge is 0.349 e. The van der Waals surface area contributed by atoms with Crippen LogP contribution in [0.25, 0.3) is 0 Å². The lowest BCUT2D eigenvalue weighted by atomic mass is 9.95. The van der Waals surface area contributed by atoms with Gasteiger partial charge in [0.2, 0.25) is 0 Å². The van der Waals surface area contributed by atoms with Crippen LogP contribution in [0.15, 0.2) is 24.3 Å². The van der Waals surface area contributed by atoms with Crippen LogP contribution in [0.2, 0.25) is 0 Å². The van der Waals surface area contributed by atoms with E-state index in [0.29, 0.717) is 31.7 Å². The minimum atomic E-state index is -0.447. The van der Waals surface area contributed by atoms with Gasteiger partial charge in [0.1, 0.15) is 0 Å². The number of likely N-dealkylation sites (N-methyl/N-ethyl adjacent to an activating group) is 1. The molecule has 2 fully saturated rings. The Morgan fingerprint density at radius 1 is 1.00 bits per heavy atom. The highest BCUT2D eigenvalue weighted by molar-refractivity contribution is 6.35. The van der Waals surface area contributed by atoms with Crippen LogP contribution in [-0.4, -0.2) is 53.2 Å². The van der Waals surface area contributed by atoms with Crippen LogP contribution in [0, 0.1) is 0 Å². The smallest absolute Gasteiger partial charge is 0.312 e. The van der Waals surface area contributed by atoms with Gasteiger partial charge in [-0.2, -0.15) is 0 Å². The van der Waals surface area contributed by atoms with Gasteiger partial charge in [0.25, 0.3) is 5.91 Å². The van der Waals surface area contributed by atoms with Gasteiger partial charge in [-0.15, -0.1) is 0 Å². The van der Waals surface area contributed by atoms with E-state index in [2.05, 4.69) is 5.32 Å². The standard InChI is InChI=1S/C20H27N3O3/c1-2-22-12-13-23(20(26)19(22)25)14-15-8-10-16(11-9-15)18(24)21-17-6-4-3-5-7-17/h8-11,17H,2-7,12-14H2,1H3,(H,21,24). The maximum Gasteiger partial charge on any atom is 0.312 e. The highest BCUT2D eigenvalue weighted by Gasteiger charge is 2.31. The molecule has 1 heterocycles. The first kappa shape index (κ1) is 18.4. The molecule has 0 atom stereocenters. The summed E-state index contributed by atoms with van der Waals surface area (Å²) in [6.45, 7) is 3.94. The van der Waals surface area contributed by atoms with Crippen LogP contribution in [0.4, 0.5) is 0 Å². The zero-order chi connectivity index (χ0) is 18.5. The molecular formula is C20H27N3O3. The summed E-state index contributed by atoms with van der Waals surface area (Å²) < 4.78 is 0. The number of piperazine rings is 1. The Balaban J connectivity index is 1.56. The van der Waals surface area contributed by atoms with Crippen molar-refractivity contribution in [3.8, 4) is 0 Å². The third kappa shape index (κ3) is 4.23. The summed E-state index contributed by atoms with van der Waals surface area (Å²) in [5.41, 5.74) is 1.56. The monoisotopic (exact) mass is 357 g/mol. The molecule has 3 rings (SSSR count). The number of amides is 3. The number of rotatable bonds is 5. The lowest BCUT2D eigenvalue weighted by molar-refractivity contribution is -0.156. The Labute approximate surface area is 154 Å². The van der Waals surface area contributed by atoms with Gasteiger partial charge >= 0.3 is 11.8 Å². The van der Waals surface area contributed by atoms with E-state index in [1.807, 2.05) is 19.1 Å². The van der Waals surface area contributed by atoms with Crippen molar-refractivity contribution in [3.05, 3.63) is 35.4 Å². The molecule has 1 saturated carbocycles. The van der Waals surface area contributed by atoms with Crippen LogP contribution >= 0.6 is 0 Å². The number of hydrogen-bond acceptors (Lipinski definition) is 3. The molecule has 1 saturated heterocycles. The molecule has 2 aliphatic rings. The van der Waals surface area contributed by atoms with E-state index in [-0.39, 0.29) is 11.9 Å². The number of carbonyl (C=O) groups excluding carboxylic acids is 3. The molecule has 0 radical (unpaired) electrons. The van der Waals surface area contributed by atoms with Crippen LogP contribution in [0.3, 0.4) is 0 Å². The molecule has 6 heteroatoms. The molecular weight excluding hydrogens is 330 g/mol. The number of benzene rings is 1. The molecule has 26 heavy (non-hydrogen) atoms. The molecule has 1 aliphatic heterocycles. The molecule has 140 valence electrons. The molecule has 6 nitrogen and oxygen atoms in total. The molecule has 1 aliphatic carbocycles. The summed E-state index contributed by atoms with van der Waals surface area (Å²) in [4.78, 5) is 39.6. The Morgan fingerprint density at radius 2 is 1.62 bits per heavy atom. The Morgan fingerprint density at radius 3 is 2.27 bits per heavy atom. The lowest BCUT2D eigenvalue weighted by Crippen LogP contribution is -2.53. The highest BCUT2D eigenvalue weighted by Crippen LogP contribution is 2.18. The number of carbonyl (C=O) groups is 3. The number of nitrogens with zero attached hydrogens (tertiary/aromatic N) is 2. The molecule has 1 N–H and O–H groups in total. The van der Waals surface area contributed by atoms with Gasteiger partial charge in [-0.1, -0.05) is 31.4 Å². The van der Waals surface area contributed by atoms with Crippen LogP contribution in [-0.2, 0) is 16.1 Å². The fourth-order valence-electron chi connectivity index (χ4n) is 3.67. The van der Waals surface area contributed by atoms with Crippen molar-refractivity contribution in [1.82, 2.24) is 15.1 Å². The van der Waals surface area contributed by atoms with E-state index < -0.39 is 11.8 Å². The molecule has 0 bridgehead atoms. The van der Waals surface area contributed by atoms with Crippen molar-refractivity contribution in [3.63, 3.8) is 0 Å². The zero-order valence-corrected chi connectivity index (χ0v) is 15.4. The van der Waals surface area contributed by atoms with Gasteiger partial charge in [-0.3, -0.25) is 14.4 Å². The number of nitrogens with one attached hydrogen (secondary N) is 1. The summed E-state index contributed by atoms with van der Waals surface area (Å²) in [6, 6.07) is 7.60. The summed E-state index contributed by atoms with van der Waals surface area (Å²) in [7, 11) is 0. The second-order valence-corrected chi connectivity index (χ2v) is 7.12. The van der Waals surface area contributed by atoms with Crippen molar-refractivity contribution in [1.29, 1.82) is 0 Å². The summed E-state index contributed by atoms with van der Waals surface area (Å²) in [6.07, 6.45) is 5.74. The third-order valence-corrected chi connectivity index (χ3v) is 5.31. The van der Waals surface area contributed by atoms with Crippen molar-refractivity contribution >= 4 is 17.7 Å². The minimum absolute atomic E-state index is 0.0359. The van der Waals surface area contributed by atoms with Gasteiger partial charge in [0, 0.05) is 37.8 Å². The van der Waals surface area contributed by atoms with E-state index in [0.717, 1.165) is 18.4 Å². The van der Waals surface area contributed by atoms with Crippen molar-refractivity contribution in [2.24, 2.45) is 0 Å². The maximum atomic E-state index is 12.4. The van der Waals surface area contributed by atoms with Crippen LogP contribution in [0.5, 0.6) is 0 Å². The van der Waals surface area contributed by atoms with Crippen molar-refractivity contribution in [2.45, 2.75) is 51.6 Å². The maximum absolute atomic E-state index is 12.4. The lowest BCUT2D eigenvalue weighted by Gasteiger charge is -2.33. The predicted octanol–water partition coefficient (Wildman–Crippen LogP) is 1.94. The number of hydrogen-bond donors (Lipinski definition) is 1. The average Bonchev–Trinajstić information content (AvgIpc) is 2.67. The Bertz CT molecular complexity index is 665. The second-order valence-electron chi connectivity index (χ2n) is 7.12. The normalized spacial score (nSPS) is 19.0. The first-order chi connectivity index (χ1) is 12.6. The SMILES string of the molecule is CCN1CCN(Cc2ccc(C(=O)NC3CCCCC3)cc2)C(=O)C1=O. The second kappa shape index (κ2) is 8.34. The molecule has 1 aromatic carbocycles. The van der Waals surface area contributed by atoms with E-state index in [1.165, 1.54) is 19.3 Å². The molecule has 0 unspecified atom stereocenters. The Kier molecular flexibility index (Phi) is 5.91. The fraction of sp³-hybridized carbons (Fsp3) is 0.550. The van der Waals surface area contributed by atoms with Crippen LogP contribution < -0.4 is 5.32 Å². The summed E-state index contributed by atoms with van der Waals surface area (Å²) in [5, 5.41) is 3.11. The van der Waals surface area contributed by atoms with Gasteiger partial charge < -0.3 is 15.1 Å². The van der Waals surface area contributed by atoms with Gasteiger partial charge in [-0.05, 0) is 37.5 Å². The van der Waals surface area contributed by atoms with Gasteiger partial charge in [-0.25, -0.2) is 0 Å². The van der Waals surface area contributed by atoms with E-state index in [1.54, 1.807) is 21.9 Å². The molecule has 3 amide bonds. The highest BCUT2D eigenvalue weighted by atomic mass is 16.2. The summed E-state index contributed by atoms with van der Waals surface area (Å²) in [5.74, 6) is -0.911. The average molecular weight is 357 g/mol. The summed E-state index contributed by atoms with van der Waals surface area (Å²) >= 11 is 0. The van der Waals surface area contributed by atoms with Crippen molar-refractivity contribution in [2.75, 3.05) is 19.6 Å². The predicted molar refractivity (Wildman–Crippen MR) is 98.5 cm³/mol. The Hall–Kier alpha value is -2.37. The quantitative estimate of drug-likeness (QED) is 0.819. The first-order valence-electron chi connectivity index (χ1n) is 9.56. The van der Waals surface area contributed by atoms with Crippen molar-refractivity contribution < 1.29 is 14.4 Å². The molecule has 1 aromatic rings. The van der Waals surface area contributed by atoms with Gasteiger partial charge in [0.15, 0.2) is 0 Å². The van der Waals surface area contributed by atoms with E-state index in [4.69, 9.17) is 0 Å². The minimum Gasteiger partial charge on any atom is -0.349 e. The third-order valence-electron chi connectivity index (χ3n) is 5.31. The first-order valence-corrected chi connectivity index (χ1v) is 9.56. The van der Waals surface area contributed by atoms with Gasteiger partial charge in [0.05, 0.1) is 0 Å². The molecule has 0 spiro atoms. The van der Waals surface area contributed by atoms with E-state index >= 15 is 0 Å². The zero-order valence-electron chi connectivity index (χ0n) is 15.4. The fourth-order valence-corrected chi connectivity index (χ4v) is 3.67. The topological polar surface area (TPSA) is 69.7 Å². The van der Waals surface area contributed by atoms with Crippen LogP contribution in [0.1, 0.15) is 54.9 Å². The van der Waals surface area contributed by atoms with E-state index in [9.17, 15) is 14.4 Å².